The molecule has 2 amide bonds. The number of aliphatic hydroxyl groups excluding tert-OH is 1. The minimum Gasteiger partial charge on any atom is -0.479 e. The summed E-state index contributed by atoms with van der Waals surface area (Å²) >= 11 is 1.86. The molecule has 2 atom stereocenters. The molecule has 1 aliphatic rings. The van der Waals surface area contributed by atoms with E-state index in [-0.39, 0.29) is 23.7 Å². The van der Waals surface area contributed by atoms with Gasteiger partial charge in [-0.2, -0.15) is 11.8 Å². The lowest BCUT2D eigenvalue weighted by molar-refractivity contribution is -0.146. The molecule has 104 valence electrons. The quantitative estimate of drug-likeness (QED) is 0.563. The van der Waals surface area contributed by atoms with E-state index in [0.29, 0.717) is 6.54 Å². The molecule has 0 spiro atoms. The van der Waals surface area contributed by atoms with Crippen LogP contribution in [0.15, 0.2) is 0 Å². The van der Waals surface area contributed by atoms with E-state index >= 15 is 0 Å². The Morgan fingerprint density at radius 2 is 2.17 bits per heavy atom. The number of nitrogens with one attached hydrogen (secondary N) is 2. The maximum Gasteiger partial charge on any atom is 0.332 e. The van der Waals surface area contributed by atoms with Crippen molar-refractivity contribution < 1.29 is 19.8 Å². The van der Waals surface area contributed by atoms with Gasteiger partial charge in [-0.15, -0.1) is 0 Å². The van der Waals surface area contributed by atoms with Gasteiger partial charge in [0, 0.05) is 24.3 Å². The molecule has 1 aliphatic heterocycles. The number of carbonyl (C=O) groups excluding carboxylic acids is 1. The van der Waals surface area contributed by atoms with Crippen LogP contribution in [0.5, 0.6) is 0 Å². The van der Waals surface area contributed by atoms with Crippen molar-refractivity contribution in [1.29, 1.82) is 0 Å². The van der Waals surface area contributed by atoms with E-state index in [4.69, 9.17) is 10.2 Å². The van der Waals surface area contributed by atoms with Crippen LogP contribution in [0.25, 0.3) is 0 Å². The summed E-state index contributed by atoms with van der Waals surface area (Å²) in [5, 5.41) is 22.8. The van der Waals surface area contributed by atoms with Crippen molar-refractivity contribution in [1.82, 2.24) is 10.6 Å². The molecule has 7 heteroatoms. The second-order valence-electron chi connectivity index (χ2n) is 4.65. The standard InChI is InChI=1S/C11H20N2O4S/c1-11(4-2-6-18-11)7-13-10(17)12-5-3-8(14)9(15)16/h8,14H,2-7H2,1H3,(H,15,16)(H2,12,13,17)/t8-,11?/m0/s1. The zero-order chi connectivity index (χ0) is 13.6. The molecule has 0 aromatic heterocycles. The summed E-state index contributed by atoms with van der Waals surface area (Å²) in [5.74, 6) is -0.142. The van der Waals surface area contributed by atoms with Gasteiger partial charge < -0.3 is 20.8 Å². The van der Waals surface area contributed by atoms with Crippen LogP contribution in [0.3, 0.4) is 0 Å². The number of aliphatic hydroxyl groups is 1. The third-order valence-corrected chi connectivity index (χ3v) is 4.45. The van der Waals surface area contributed by atoms with Crippen LogP contribution in [-0.2, 0) is 4.79 Å². The Balaban J connectivity index is 2.12. The highest BCUT2D eigenvalue weighted by molar-refractivity contribution is 8.00. The molecule has 0 radical (unpaired) electrons. The van der Waals surface area contributed by atoms with E-state index < -0.39 is 12.1 Å². The van der Waals surface area contributed by atoms with Crippen LogP contribution in [0.4, 0.5) is 4.79 Å². The lowest BCUT2D eigenvalue weighted by Crippen LogP contribution is -2.43. The van der Waals surface area contributed by atoms with E-state index in [1.165, 1.54) is 6.42 Å². The first-order chi connectivity index (χ1) is 8.43. The number of urea groups is 1. The van der Waals surface area contributed by atoms with Crippen LogP contribution in [0.1, 0.15) is 26.2 Å². The fourth-order valence-electron chi connectivity index (χ4n) is 1.75. The van der Waals surface area contributed by atoms with Crippen molar-refractivity contribution in [2.24, 2.45) is 0 Å². The van der Waals surface area contributed by atoms with Crippen LogP contribution < -0.4 is 10.6 Å². The summed E-state index contributed by atoms with van der Waals surface area (Å²) in [6.07, 6.45) is 0.855. The zero-order valence-electron chi connectivity index (χ0n) is 10.4. The molecule has 0 aromatic carbocycles. The first-order valence-electron chi connectivity index (χ1n) is 5.99. The Morgan fingerprint density at radius 3 is 2.72 bits per heavy atom. The topological polar surface area (TPSA) is 98.7 Å². The highest BCUT2D eigenvalue weighted by atomic mass is 32.2. The molecule has 1 heterocycles. The van der Waals surface area contributed by atoms with Gasteiger partial charge in [0.1, 0.15) is 0 Å². The molecule has 6 nitrogen and oxygen atoms in total. The van der Waals surface area contributed by atoms with Crippen molar-refractivity contribution in [3.63, 3.8) is 0 Å². The van der Waals surface area contributed by atoms with Crippen molar-refractivity contribution in [3.05, 3.63) is 0 Å². The fourth-order valence-corrected chi connectivity index (χ4v) is 3.00. The second-order valence-corrected chi connectivity index (χ2v) is 6.34. The molecule has 1 saturated heterocycles. The highest BCUT2D eigenvalue weighted by Gasteiger charge is 2.29. The van der Waals surface area contributed by atoms with Gasteiger partial charge in [0.2, 0.25) is 0 Å². The van der Waals surface area contributed by atoms with Crippen molar-refractivity contribution >= 4 is 23.8 Å². The lowest BCUT2D eigenvalue weighted by atomic mass is 10.1. The number of thioether (sulfide) groups is 1. The minimum atomic E-state index is -1.42. The first kappa shape index (κ1) is 15.1. The Hall–Kier alpha value is -0.950. The van der Waals surface area contributed by atoms with Gasteiger partial charge in [0.15, 0.2) is 6.10 Å². The summed E-state index contributed by atoms with van der Waals surface area (Å²) in [7, 11) is 0. The van der Waals surface area contributed by atoms with E-state index in [1.807, 2.05) is 11.8 Å². The predicted molar refractivity (Wildman–Crippen MR) is 69.8 cm³/mol. The molecule has 1 fully saturated rings. The Labute approximate surface area is 111 Å². The van der Waals surface area contributed by atoms with E-state index in [2.05, 4.69) is 17.6 Å². The van der Waals surface area contributed by atoms with Crippen LogP contribution >= 0.6 is 11.8 Å². The molecule has 4 N–H and O–H groups in total. The third kappa shape index (κ3) is 5.14. The number of rotatable bonds is 6. The number of aliphatic carboxylic acids is 1. The zero-order valence-corrected chi connectivity index (χ0v) is 11.3. The van der Waals surface area contributed by atoms with Gasteiger partial charge in [-0.25, -0.2) is 9.59 Å². The molecule has 1 unspecified atom stereocenters. The minimum absolute atomic E-state index is 0.00870. The summed E-state index contributed by atoms with van der Waals surface area (Å²) in [6, 6.07) is -0.318. The number of hydrogen-bond donors (Lipinski definition) is 4. The smallest absolute Gasteiger partial charge is 0.332 e. The first-order valence-corrected chi connectivity index (χ1v) is 6.98. The Morgan fingerprint density at radius 1 is 1.44 bits per heavy atom. The molecule has 18 heavy (non-hydrogen) atoms. The molecule has 1 rings (SSSR count). The summed E-state index contributed by atoms with van der Waals surface area (Å²) in [5.41, 5.74) is 0. The number of amides is 2. The summed E-state index contributed by atoms with van der Waals surface area (Å²) < 4.78 is 0.109. The van der Waals surface area contributed by atoms with Crippen LogP contribution in [0.2, 0.25) is 0 Å². The van der Waals surface area contributed by atoms with Crippen molar-refractivity contribution in [2.75, 3.05) is 18.8 Å². The van der Waals surface area contributed by atoms with E-state index in [0.717, 1.165) is 12.2 Å². The molecular formula is C11H20N2O4S. The largest absolute Gasteiger partial charge is 0.479 e. The van der Waals surface area contributed by atoms with Crippen LogP contribution in [-0.4, -0.2) is 51.9 Å². The molecule has 0 bridgehead atoms. The Bertz CT molecular complexity index is 305. The van der Waals surface area contributed by atoms with Gasteiger partial charge >= 0.3 is 12.0 Å². The highest BCUT2D eigenvalue weighted by Crippen LogP contribution is 2.36. The number of hydrogen-bond acceptors (Lipinski definition) is 4. The average Bonchev–Trinajstić information content (AvgIpc) is 2.74. The van der Waals surface area contributed by atoms with Gasteiger partial charge in [-0.05, 0) is 25.5 Å². The molecule has 0 aliphatic carbocycles. The van der Waals surface area contributed by atoms with Crippen molar-refractivity contribution in [3.8, 4) is 0 Å². The van der Waals surface area contributed by atoms with Gasteiger partial charge in [-0.1, -0.05) is 0 Å². The number of carbonyl (C=O) groups is 2. The average molecular weight is 276 g/mol. The van der Waals surface area contributed by atoms with Crippen molar-refractivity contribution in [2.45, 2.75) is 37.0 Å². The fraction of sp³-hybridized carbons (Fsp3) is 0.818. The summed E-state index contributed by atoms with van der Waals surface area (Å²) in [4.78, 5) is 21.8. The van der Waals surface area contributed by atoms with E-state index in [9.17, 15) is 9.59 Å². The third-order valence-electron chi connectivity index (χ3n) is 2.91. The lowest BCUT2D eigenvalue weighted by Gasteiger charge is -2.22. The molecule has 0 saturated carbocycles. The second kappa shape index (κ2) is 6.84. The van der Waals surface area contributed by atoms with E-state index in [1.54, 1.807) is 0 Å². The SMILES string of the molecule is CC1(CNC(=O)NCC[C@H](O)C(=O)O)CCCS1. The maximum atomic E-state index is 11.4. The van der Waals surface area contributed by atoms with Crippen LogP contribution in [0, 0.1) is 0 Å². The monoisotopic (exact) mass is 276 g/mol. The van der Waals surface area contributed by atoms with Gasteiger partial charge in [-0.3, -0.25) is 0 Å². The molecule has 0 aromatic rings. The number of carboxylic acids is 1. The normalized spacial score (nSPS) is 24.6. The van der Waals surface area contributed by atoms with Gasteiger partial charge in [0.05, 0.1) is 0 Å². The molecular weight excluding hydrogens is 256 g/mol. The predicted octanol–water partition coefficient (Wildman–Crippen LogP) is 0.407. The number of carboxylic acid groups (broad SMARTS) is 1. The van der Waals surface area contributed by atoms with Gasteiger partial charge in [0.25, 0.3) is 0 Å². The maximum absolute atomic E-state index is 11.4. The Kier molecular flexibility index (Phi) is 5.74. The summed E-state index contributed by atoms with van der Waals surface area (Å²) in [6.45, 7) is 2.87.